The zero-order valence-corrected chi connectivity index (χ0v) is 7.05. The molecule has 0 unspecified atom stereocenters. The molecule has 1 aromatic carbocycles. The van der Waals surface area contributed by atoms with Crippen LogP contribution in [-0.4, -0.2) is 17.2 Å². The third-order valence-electron chi connectivity index (χ3n) is 1.18. The lowest BCUT2D eigenvalue weighted by molar-refractivity contribution is 0.425. The van der Waals surface area contributed by atoms with E-state index in [1.807, 2.05) is 0 Å². The van der Waals surface area contributed by atoms with Crippen molar-refractivity contribution in [1.29, 1.82) is 0 Å². The minimum atomic E-state index is -1.62. The predicted octanol–water partition coefficient (Wildman–Crippen LogP) is 0.760. The molecule has 0 fully saturated rings. The van der Waals surface area contributed by atoms with E-state index in [2.05, 4.69) is 15.9 Å². The van der Waals surface area contributed by atoms with Gasteiger partial charge in [-0.2, -0.15) is 0 Å². The Hall–Kier alpha value is -0.385. The largest absolute Gasteiger partial charge is 0.488 e. The summed E-state index contributed by atoms with van der Waals surface area (Å²) < 4.78 is 13.0. The van der Waals surface area contributed by atoms with Crippen LogP contribution in [0.1, 0.15) is 2.85 Å². The molecule has 0 saturated heterocycles. The summed E-state index contributed by atoms with van der Waals surface area (Å²) in [6.45, 7) is 0. The Morgan fingerprint density at radius 1 is 1.36 bits per heavy atom. The van der Waals surface area contributed by atoms with E-state index in [1.54, 1.807) is 0 Å². The summed E-state index contributed by atoms with van der Waals surface area (Å²) in [5.74, 6) is -0.498. The van der Waals surface area contributed by atoms with Crippen LogP contribution < -0.4 is 5.46 Å². The zero-order valence-electron chi connectivity index (χ0n) is 5.46. The molecule has 5 heteroatoms. The second-order valence-corrected chi connectivity index (χ2v) is 2.99. The van der Waals surface area contributed by atoms with Crippen molar-refractivity contribution < 1.29 is 17.3 Å². The average molecular weight is 223 g/mol. The first-order chi connectivity index (χ1) is 5.09. The lowest BCUT2D eigenvalue weighted by Gasteiger charge is -1.99. The quantitative estimate of drug-likeness (QED) is 0.689. The highest BCUT2D eigenvalue weighted by molar-refractivity contribution is 9.10. The average Bonchev–Trinajstić information content (AvgIpc) is 1.85. The molecule has 2 nitrogen and oxygen atoms in total. The maximum Gasteiger partial charge on any atom is 0.488 e. The smallest absolute Gasteiger partial charge is 0.423 e. The Balaban J connectivity index is 0. The summed E-state index contributed by atoms with van der Waals surface area (Å²) in [5.41, 5.74) is 0.136. The monoisotopic (exact) mass is 222 g/mol. The molecule has 11 heavy (non-hydrogen) atoms. The van der Waals surface area contributed by atoms with Gasteiger partial charge in [-0.1, -0.05) is 15.9 Å². The fourth-order valence-electron chi connectivity index (χ4n) is 0.724. The standard InChI is InChI=1S/C6H5BBrFO2.2H2/c8-5-1-4(7(10)11)2-6(9)3-5;;/h1-3,10-11H;2*1H. The Morgan fingerprint density at radius 2 is 2.00 bits per heavy atom. The first-order valence-electron chi connectivity index (χ1n) is 2.92. The molecule has 0 aliphatic heterocycles. The third-order valence-corrected chi connectivity index (χ3v) is 1.64. The second-order valence-electron chi connectivity index (χ2n) is 2.08. The van der Waals surface area contributed by atoms with E-state index in [1.165, 1.54) is 12.1 Å². The Morgan fingerprint density at radius 3 is 2.45 bits per heavy atom. The molecule has 0 bridgehead atoms. The van der Waals surface area contributed by atoms with E-state index in [0.717, 1.165) is 6.07 Å². The van der Waals surface area contributed by atoms with Gasteiger partial charge >= 0.3 is 7.12 Å². The predicted molar refractivity (Wildman–Crippen MR) is 48.2 cm³/mol. The van der Waals surface area contributed by atoms with Crippen LogP contribution in [0.5, 0.6) is 0 Å². The lowest BCUT2D eigenvalue weighted by atomic mass is 9.80. The van der Waals surface area contributed by atoms with Gasteiger partial charge in [0.25, 0.3) is 0 Å². The van der Waals surface area contributed by atoms with Gasteiger partial charge in [-0.3, -0.25) is 0 Å². The van der Waals surface area contributed by atoms with Crippen molar-refractivity contribution in [3.05, 3.63) is 28.5 Å². The molecule has 0 aliphatic carbocycles. The Bertz CT molecular complexity index is 255. The van der Waals surface area contributed by atoms with Gasteiger partial charge in [0, 0.05) is 7.33 Å². The van der Waals surface area contributed by atoms with Crippen LogP contribution in [-0.2, 0) is 0 Å². The summed E-state index contributed by atoms with van der Waals surface area (Å²) in [6, 6.07) is 3.75. The van der Waals surface area contributed by atoms with Gasteiger partial charge in [0.15, 0.2) is 0 Å². The van der Waals surface area contributed by atoms with Crippen LogP contribution in [0, 0.1) is 5.82 Å². The summed E-state index contributed by atoms with van der Waals surface area (Å²) in [6.07, 6.45) is 0. The molecule has 0 heterocycles. The van der Waals surface area contributed by atoms with Crippen LogP contribution in [0.25, 0.3) is 0 Å². The van der Waals surface area contributed by atoms with E-state index < -0.39 is 12.9 Å². The van der Waals surface area contributed by atoms with Gasteiger partial charge in [-0.25, -0.2) is 4.39 Å². The number of halogens is 2. The van der Waals surface area contributed by atoms with Gasteiger partial charge in [0.1, 0.15) is 5.82 Å². The van der Waals surface area contributed by atoms with E-state index in [-0.39, 0.29) is 8.32 Å². The van der Waals surface area contributed by atoms with Gasteiger partial charge in [-0.05, 0) is 23.7 Å². The van der Waals surface area contributed by atoms with Crippen LogP contribution in [0.2, 0.25) is 0 Å². The topological polar surface area (TPSA) is 40.5 Å². The highest BCUT2D eigenvalue weighted by Gasteiger charge is 2.11. The molecule has 0 saturated carbocycles. The summed E-state index contributed by atoms with van der Waals surface area (Å²) in [5, 5.41) is 17.3. The molecule has 0 amide bonds. The fourth-order valence-corrected chi connectivity index (χ4v) is 1.21. The van der Waals surface area contributed by atoms with Crippen molar-refractivity contribution in [3.8, 4) is 0 Å². The number of hydrogen-bond donors (Lipinski definition) is 2. The van der Waals surface area contributed by atoms with Crippen LogP contribution in [0.3, 0.4) is 0 Å². The van der Waals surface area contributed by atoms with Crippen LogP contribution >= 0.6 is 15.9 Å². The normalized spacial score (nSPS) is 9.82. The van der Waals surface area contributed by atoms with E-state index in [9.17, 15) is 4.39 Å². The number of hydrogen-bond acceptors (Lipinski definition) is 2. The highest BCUT2D eigenvalue weighted by atomic mass is 79.9. The maximum absolute atomic E-state index is 12.5. The Kier molecular flexibility index (Phi) is 2.65. The van der Waals surface area contributed by atoms with Crippen LogP contribution in [0.15, 0.2) is 22.7 Å². The van der Waals surface area contributed by atoms with Crippen molar-refractivity contribution in [1.82, 2.24) is 0 Å². The van der Waals surface area contributed by atoms with Crippen molar-refractivity contribution in [3.63, 3.8) is 0 Å². The van der Waals surface area contributed by atoms with Crippen LogP contribution in [0.4, 0.5) is 4.39 Å². The minimum absolute atomic E-state index is 0. The SMILES string of the molecule is OB(O)c1cc(F)cc(Br)c1.[HH].[HH]. The molecule has 1 aromatic rings. The third kappa shape index (κ3) is 2.29. The molecule has 1 rings (SSSR count). The van der Waals surface area contributed by atoms with Crippen molar-refractivity contribution in [2.24, 2.45) is 0 Å². The highest BCUT2D eigenvalue weighted by Crippen LogP contribution is 2.08. The van der Waals surface area contributed by atoms with E-state index in [0.29, 0.717) is 4.47 Å². The molecule has 0 aromatic heterocycles. The summed E-state index contributed by atoms with van der Waals surface area (Å²) in [7, 11) is -1.62. The van der Waals surface area contributed by atoms with E-state index >= 15 is 0 Å². The van der Waals surface area contributed by atoms with Crippen molar-refractivity contribution in [2.75, 3.05) is 0 Å². The first-order valence-corrected chi connectivity index (χ1v) is 3.71. The molecular weight excluding hydrogens is 214 g/mol. The lowest BCUT2D eigenvalue weighted by Crippen LogP contribution is -2.30. The number of benzene rings is 1. The molecule has 2 N–H and O–H groups in total. The molecule has 0 radical (unpaired) electrons. The van der Waals surface area contributed by atoms with Gasteiger partial charge in [0.05, 0.1) is 0 Å². The molecule has 62 valence electrons. The molecular formula is C6H9BBrFO2. The molecule has 0 atom stereocenters. The van der Waals surface area contributed by atoms with Crippen molar-refractivity contribution in [2.45, 2.75) is 0 Å². The van der Waals surface area contributed by atoms with Crippen molar-refractivity contribution >= 4 is 28.5 Å². The molecule has 0 aliphatic rings. The minimum Gasteiger partial charge on any atom is -0.423 e. The number of rotatable bonds is 1. The summed E-state index contributed by atoms with van der Waals surface area (Å²) in [4.78, 5) is 0. The zero-order chi connectivity index (χ0) is 8.43. The maximum atomic E-state index is 12.5. The van der Waals surface area contributed by atoms with Gasteiger partial charge in [-0.15, -0.1) is 0 Å². The van der Waals surface area contributed by atoms with Gasteiger partial charge < -0.3 is 10.0 Å². The Labute approximate surface area is 74.9 Å². The molecule has 0 spiro atoms. The summed E-state index contributed by atoms with van der Waals surface area (Å²) >= 11 is 3.02. The van der Waals surface area contributed by atoms with Gasteiger partial charge in [0.2, 0.25) is 0 Å². The second kappa shape index (κ2) is 3.34. The van der Waals surface area contributed by atoms with E-state index in [4.69, 9.17) is 10.0 Å². The first kappa shape index (κ1) is 8.71. The fraction of sp³-hybridized carbons (Fsp3) is 0.